The van der Waals surface area contributed by atoms with Gasteiger partial charge in [-0.15, -0.1) is 0 Å². The van der Waals surface area contributed by atoms with Gasteiger partial charge in [-0.05, 0) is 46.1 Å². The zero-order valence-electron chi connectivity index (χ0n) is 23.6. The van der Waals surface area contributed by atoms with Crippen molar-refractivity contribution in [3.63, 3.8) is 0 Å². The van der Waals surface area contributed by atoms with E-state index in [2.05, 4.69) is 20.1 Å². The van der Waals surface area contributed by atoms with Gasteiger partial charge in [0.05, 0.1) is 36.0 Å². The lowest BCUT2D eigenvalue weighted by Crippen LogP contribution is -2.29. The van der Waals surface area contributed by atoms with Crippen molar-refractivity contribution in [1.82, 2.24) is 19.4 Å². The van der Waals surface area contributed by atoms with E-state index in [1.54, 1.807) is 7.11 Å². The number of nitrogens with one attached hydrogen (secondary N) is 1. The summed E-state index contributed by atoms with van der Waals surface area (Å²) in [5, 5.41) is 4.21. The Morgan fingerprint density at radius 1 is 1.15 bits per heavy atom. The Morgan fingerprint density at radius 2 is 1.92 bits per heavy atom. The van der Waals surface area contributed by atoms with Crippen LogP contribution in [-0.2, 0) is 11.8 Å². The number of benzene rings is 2. The predicted molar refractivity (Wildman–Crippen MR) is 157 cm³/mol. The van der Waals surface area contributed by atoms with Crippen molar-refractivity contribution in [2.75, 3.05) is 57.3 Å². The van der Waals surface area contributed by atoms with Gasteiger partial charge >= 0.3 is 5.97 Å². The molecular weight excluding hydrogens is 494 g/mol. The third kappa shape index (κ3) is 6.06. The van der Waals surface area contributed by atoms with E-state index in [9.17, 15) is 4.79 Å². The number of anilines is 4. The molecule has 0 aliphatic carbocycles. The molecule has 4 aromatic rings. The van der Waals surface area contributed by atoms with Gasteiger partial charge in [0.2, 0.25) is 5.95 Å². The zero-order valence-corrected chi connectivity index (χ0v) is 23.6. The number of nitrogen functional groups attached to an aromatic ring is 1. The molecule has 0 saturated heterocycles. The molecule has 0 saturated carbocycles. The van der Waals surface area contributed by atoms with Crippen LogP contribution in [0.4, 0.5) is 23.0 Å². The molecule has 2 aromatic heterocycles. The van der Waals surface area contributed by atoms with E-state index in [-0.39, 0.29) is 11.7 Å². The van der Waals surface area contributed by atoms with Crippen molar-refractivity contribution in [3.05, 3.63) is 54.4 Å². The van der Waals surface area contributed by atoms with Crippen LogP contribution >= 0.6 is 0 Å². The number of methoxy groups -OCH3 is 1. The first-order chi connectivity index (χ1) is 18.6. The van der Waals surface area contributed by atoms with E-state index in [0.717, 1.165) is 35.2 Å². The minimum Gasteiger partial charge on any atom is -0.494 e. The van der Waals surface area contributed by atoms with Gasteiger partial charge in [-0.25, -0.2) is 14.8 Å². The molecule has 3 N–H and O–H groups in total. The van der Waals surface area contributed by atoms with Gasteiger partial charge in [0.1, 0.15) is 11.3 Å². The summed E-state index contributed by atoms with van der Waals surface area (Å²) in [6, 6.07) is 11.6. The van der Waals surface area contributed by atoms with Crippen LogP contribution in [0.15, 0.2) is 48.8 Å². The molecule has 0 fully saturated rings. The van der Waals surface area contributed by atoms with Crippen LogP contribution in [0, 0.1) is 0 Å². The lowest BCUT2D eigenvalue weighted by Gasteiger charge is -2.24. The van der Waals surface area contributed by atoms with Crippen molar-refractivity contribution in [1.29, 1.82) is 0 Å². The highest BCUT2D eigenvalue weighted by atomic mass is 16.5. The van der Waals surface area contributed by atoms with Gasteiger partial charge in [-0.2, -0.15) is 0 Å². The highest BCUT2D eigenvalue weighted by Crippen LogP contribution is 2.37. The number of esters is 1. The Balaban J connectivity index is 1.76. The second kappa shape index (κ2) is 11.6. The Morgan fingerprint density at radius 3 is 2.62 bits per heavy atom. The number of aromatic nitrogens is 3. The molecule has 0 aliphatic rings. The van der Waals surface area contributed by atoms with Crippen LogP contribution in [0.25, 0.3) is 22.2 Å². The van der Waals surface area contributed by atoms with Gasteiger partial charge < -0.3 is 34.9 Å². The summed E-state index contributed by atoms with van der Waals surface area (Å²) in [6.45, 7) is 5.31. The highest BCUT2D eigenvalue weighted by Gasteiger charge is 2.22. The largest absolute Gasteiger partial charge is 0.494 e. The summed E-state index contributed by atoms with van der Waals surface area (Å²) in [6.07, 6.45) is 3.19. The number of likely N-dealkylation sites (N-methyl/N-ethyl adjacent to an activating group) is 2. The minimum absolute atomic E-state index is 0.280. The lowest BCUT2D eigenvalue weighted by molar-refractivity contribution is 0.0378. The molecule has 206 valence electrons. The Labute approximate surface area is 229 Å². The van der Waals surface area contributed by atoms with E-state index < -0.39 is 5.97 Å². The molecule has 0 unspecified atom stereocenters. The predicted octanol–water partition coefficient (Wildman–Crippen LogP) is 4.53. The van der Waals surface area contributed by atoms with E-state index in [4.69, 9.17) is 20.2 Å². The van der Waals surface area contributed by atoms with E-state index in [1.165, 1.54) is 6.20 Å². The van der Waals surface area contributed by atoms with Crippen LogP contribution < -0.4 is 20.7 Å². The van der Waals surface area contributed by atoms with Gasteiger partial charge in [0, 0.05) is 62.1 Å². The lowest BCUT2D eigenvalue weighted by atomic mass is 10.0. The molecule has 0 spiro atoms. The van der Waals surface area contributed by atoms with Crippen molar-refractivity contribution in [2.45, 2.75) is 20.0 Å². The molecule has 0 bridgehead atoms. The van der Waals surface area contributed by atoms with Gasteiger partial charge in [0.15, 0.2) is 0 Å². The number of hydrogen-bond acceptors (Lipinski definition) is 9. The third-order valence-electron chi connectivity index (χ3n) is 6.42. The first kappa shape index (κ1) is 27.7. The van der Waals surface area contributed by atoms with E-state index in [1.807, 2.05) is 89.2 Å². The normalized spacial score (nSPS) is 11.3. The van der Waals surface area contributed by atoms with Crippen LogP contribution in [0.3, 0.4) is 0 Å². The quantitative estimate of drug-likeness (QED) is 0.225. The first-order valence-corrected chi connectivity index (χ1v) is 12.8. The smallest absolute Gasteiger partial charge is 0.342 e. The molecule has 0 aliphatic heterocycles. The number of aryl methyl sites for hydroxylation is 1. The van der Waals surface area contributed by atoms with Crippen LogP contribution in [0.2, 0.25) is 0 Å². The summed E-state index contributed by atoms with van der Waals surface area (Å²) in [5.74, 6) is 0.409. The number of carbonyl (C=O) groups excluding carboxylic acids is 1. The monoisotopic (exact) mass is 531 g/mol. The molecule has 0 radical (unpaired) electrons. The maximum absolute atomic E-state index is 13.0. The van der Waals surface area contributed by atoms with Crippen LogP contribution in [0.5, 0.6) is 5.75 Å². The number of carbonyl (C=O) groups is 1. The fraction of sp³-hybridized carbons (Fsp3) is 0.345. The summed E-state index contributed by atoms with van der Waals surface area (Å²) in [5.41, 5.74) is 11.1. The molecule has 10 heteroatoms. The number of fused-ring (bicyclic) bond motifs is 1. The Bertz CT molecular complexity index is 1480. The average Bonchev–Trinajstić information content (AvgIpc) is 3.27. The van der Waals surface area contributed by atoms with Gasteiger partial charge in [-0.1, -0.05) is 12.1 Å². The number of nitrogens with two attached hydrogens (primary N) is 1. The highest BCUT2D eigenvalue weighted by molar-refractivity contribution is 6.02. The van der Waals surface area contributed by atoms with Crippen molar-refractivity contribution in [3.8, 4) is 17.0 Å². The molecule has 0 amide bonds. The van der Waals surface area contributed by atoms with Crippen LogP contribution in [0.1, 0.15) is 24.2 Å². The van der Waals surface area contributed by atoms with Crippen molar-refractivity contribution >= 4 is 39.9 Å². The Kier molecular flexibility index (Phi) is 8.25. The molecule has 10 nitrogen and oxygen atoms in total. The average molecular weight is 532 g/mol. The zero-order chi connectivity index (χ0) is 28.3. The fourth-order valence-electron chi connectivity index (χ4n) is 4.36. The van der Waals surface area contributed by atoms with Crippen molar-refractivity contribution < 1.29 is 14.3 Å². The topological polar surface area (TPSA) is 111 Å². The minimum atomic E-state index is -0.480. The molecule has 0 atom stereocenters. The molecule has 2 aromatic carbocycles. The van der Waals surface area contributed by atoms with Gasteiger partial charge in [-0.3, -0.25) is 0 Å². The summed E-state index contributed by atoms with van der Waals surface area (Å²) < 4.78 is 13.2. The number of rotatable bonds is 10. The molecule has 2 heterocycles. The second-order valence-corrected chi connectivity index (χ2v) is 10.0. The SMILES string of the molecule is COc1cc(N(C)CCN(C)C)c(N)cc1Nc1ncc(C(=O)OC(C)C)c(-c2cccc3c2ccn3C)n1. The molecule has 4 rings (SSSR count). The van der Waals surface area contributed by atoms with Crippen molar-refractivity contribution in [2.24, 2.45) is 7.05 Å². The standard InChI is InChI=1S/C29H37N7O3/c1-18(2)39-28(37)21-17-31-29(33-27(21)20-9-8-10-24-19(20)11-12-35(24)5)32-23-15-22(30)25(16-26(23)38-7)36(6)14-13-34(3)4/h8-12,15-18H,13-14,30H2,1-7H3,(H,31,32,33). The van der Waals surface area contributed by atoms with Gasteiger partial charge in [0.25, 0.3) is 0 Å². The molecular formula is C29H37N7O3. The number of hydrogen-bond donors (Lipinski definition) is 2. The maximum atomic E-state index is 13.0. The Hall–Kier alpha value is -4.31. The summed E-state index contributed by atoms with van der Waals surface area (Å²) in [7, 11) is 9.64. The first-order valence-electron chi connectivity index (χ1n) is 12.8. The summed E-state index contributed by atoms with van der Waals surface area (Å²) in [4.78, 5) is 26.5. The summed E-state index contributed by atoms with van der Waals surface area (Å²) >= 11 is 0. The third-order valence-corrected chi connectivity index (χ3v) is 6.42. The van der Waals surface area contributed by atoms with E-state index >= 15 is 0 Å². The van der Waals surface area contributed by atoms with E-state index in [0.29, 0.717) is 28.8 Å². The number of nitrogens with zero attached hydrogens (tertiary/aromatic N) is 5. The van der Waals surface area contributed by atoms with Crippen LogP contribution in [-0.4, -0.2) is 72.9 Å². The maximum Gasteiger partial charge on any atom is 0.342 e. The second-order valence-electron chi connectivity index (χ2n) is 10.0. The molecule has 39 heavy (non-hydrogen) atoms. The number of ether oxygens (including phenoxy) is 2. The fourth-order valence-corrected chi connectivity index (χ4v) is 4.36.